The van der Waals surface area contributed by atoms with Gasteiger partial charge in [0.05, 0.1) is 12.6 Å². The van der Waals surface area contributed by atoms with Gasteiger partial charge in [0.1, 0.15) is 11.6 Å². The van der Waals surface area contributed by atoms with Gasteiger partial charge in [-0.05, 0) is 30.9 Å². The van der Waals surface area contributed by atoms with Crippen LogP contribution in [-0.2, 0) is 0 Å². The smallest absolute Gasteiger partial charge is 0.131 e. The molecule has 1 aliphatic carbocycles. The molecule has 2 aromatic rings. The lowest BCUT2D eigenvalue weighted by Crippen LogP contribution is -2.37. The van der Waals surface area contributed by atoms with Crippen molar-refractivity contribution in [2.24, 2.45) is 11.7 Å². The lowest BCUT2D eigenvalue weighted by molar-refractivity contribution is 0.320. The van der Waals surface area contributed by atoms with Gasteiger partial charge in [0, 0.05) is 24.0 Å². The van der Waals surface area contributed by atoms with E-state index in [1.165, 1.54) is 32.1 Å². The van der Waals surface area contributed by atoms with Crippen molar-refractivity contribution in [1.29, 1.82) is 0 Å². The van der Waals surface area contributed by atoms with Crippen molar-refractivity contribution >= 4 is 16.7 Å². The van der Waals surface area contributed by atoms with E-state index in [-0.39, 0.29) is 0 Å². The minimum Gasteiger partial charge on any atom is -0.496 e. The fraction of sp³-hybridized carbons (Fsp3) is 0.500. The highest BCUT2D eigenvalue weighted by Gasteiger charge is 2.23. The Morgan fingerprint density at radius 1 is 1.27 bits per heavy atom. The lowest BCUT2D eigenvalue weighted by Gasteiger charge is -2.30. The van der Waals surface area contributed by atoms with Crippen LogP contribution < -0.4 is 15.8 Å². The number of nitrogens with two attached hydrogens (primary N) is 1. The molecule has 0 radical (unpaired) electrons. The minimum absolute atomic E-state index is 0.290. The molecule has 1 aromatic heterocycles. The third-order valence-corrected chi connectivity index (χ3v) is 4.70. The van der Waals surface area contributed by atoms with E-state index in [1.54, 1.807) is 7.11 Å². The zero-order valence-electron chi connectivity index (χ0n) is 13.2. The van der Waals surface area contributed by atoms with E-state index in [0.29, 0.717) is 18.5 Å². The molecule has 0 spiro atoms. The van der Waals surface area contributed by atoms with Crippen LogP contribution >= 0.6 is 0 Å². The molecular formula is C18H25N3O. The first-order valence-corrected chi connectivity index (χ1v) is 8.22. The van der Waals surface area contributed by atoms with Gasteiger partial charge in [-0.3, -0.25) is 0 Å². The van der Waals surface area contributed by atoms with Gasteiger partial charge in [0.15, 0.2) is 0 Å². The van der Waals surface area contributed by atoms with Crippen molar-refractivity contribution in [3.63, 3.8) is 0 Å². The van der Waals surface area contributed by atoms with E-state index in [9.17, 15) is 0 Å². The first-order valence-electron chi connectivity index (χ1n) is 8.22. The Morgan fingerprint density at radius 3 is 2.77 bits per heavy atom. The molecule has 0 bridgehead atoms. The van der Waals surface area contributed by atoms with Crippen LogP contribution in [0.4, 0.5) is 5.82 Å². The van der Waals surface area contributed by atoms with Crippen LogP contribution in [0.1, 0.15) is 32.1 Å². The number of para-hydroxylation sites is 1. The number of hydrogen-bond donors (Lipinski definition) is 2. The molecule has 4 nitrogen and oxygen atoms in total. The van der Waals surface area contributed by atoms with Gasteiger partial charge >= 0.3 is 0 Å². The van der Waals surface area contributed by atoms with Gasteiger partial charge < -0.3 is 15.8 Å². The van der Waals surface area contributed by atoms with Gasteiger partial charge in [-0.15, -0.1) is 0 Å². The zero-order valence-corrected chi connectivity index (χ0v) is 13.2. The van der Waals surface area contributed by atoms with Gasteiger partial charge in [0.2, 0.25) is 0 Å². The molecule has 3 N–H and O–H groups in total. The second-order valence-electron chi connectivity index (χ2n) is 6.11. The van der Waals surface area contributed by atoms with Crippen LogP contribution in [0, 0.1) is 5.92 Å². The molecule has 1 heterocycles. The largest absolute Gasteiger partial charge is 0.496 e. The maximum Gasteiger partial charge on any atom is 0.131 e. The van der Waals surface area contributed by atoms with Gasteiger partial charge in [0.25, 0.3) is 0 Å². The fourth-order valence-corrected chi connectivity index (χ4v) is 3.48. The highest BCUT2D eigenvalue weighted by Crippen LogP contribution is 2.30. The average molecular weight is 299 g/mol. The predicted molar refractivity (Wildman–Crippen MR) is 91.3 cm³/mol. The molecule has 1 aliphatic rings. The van der Waals surface area contributed by atoms with Crippen LogP contribution in [0.5, 0.6) is 5.75 Å². The Hall–Kier alpha value is -1.81. The standard InChI is InChI=1S/C18H25N3O/c1-22-17-11-18(20-15-10-6-5-9-14(15)17)21-16(12-19)13-7-3-2-4-8-13/h5-6,9-11,13,16H,2-4,7-8,12,19H2,1H3,(H,20,21). The van der Waals surface area contributed by atoms with Crippen LogP contribution in [0.2, 0.25) is 0 Å². The Bertz CT molecular complexity index is 623. The maximum absolute atomic E-state index is 6.01. The molecule has 1 unspecified atom stereocenters. The Kier molecular flexibility index (Phi) is 4.78. The Balaban J connectivity index is 1.85. The summed E-state index contributed by atoms with van der Waals surface area (Å²) in [5.41, 5.74) is 6.96. The second-order valence-corrected chi connectivity index (χ2v) is 6.11. The number of nitrogens with one attached hydrogen (secondary N) is 1. The highest BCUT2D eigenvalue weighted by molar-refractivity contribution is 5.86. The number of aromatic nitrogens is 1. The summed E-state index contributed by atoms with van der Waals surface area (Å²) in [6, 6.07) is 10.3. The van der Waals surface area contributed by atoms with Crippen molar-refractivity contribution < 1.29 is 4.74 Å². The normalized spacial score (nSPS) is 17.4. The third-order valence-electron chi connectivity index (χ3n) is 4.70. The van der Waals surface area contributed by atoms with E-state index in [0.717, 1.165) is 22.5 Å². The van der Waals surface area contributed by atoms with Gasteiger partial charge in [-0.2, -0.15) is 0 Å². The quantitative estimate of drug-likeness (QED) is 0.886. The summed E-state index contributed by atoms with van der Waals surface area (Å²) in [5.74, 6) is 2.36. The Morgan fingerprint density at radius 2 is 2.05 bits per heavy atom. The topological polar surface area (TPSA) is 60.2 Å². The molecule has 3 rings (SSSR count). The fourth-order valence-electron chi connectivity index (χ4n) is 3.48. The van der Waals surface area contributed by atoms with E-state index in [2.05, 4.69) is 5.32 Å². The van der Waals surface area contributed by atoms with Crippen LogP contribution in [-0.4, -0.2) is 24.7 Å². The Labute approximate surface area is 132 Å². The number of methoxy groups -OCH3 is 1. The summed E-state index contributed by atoms with van der Waals surface area (Å²) in [5, 5.41) is 4.59. The number of ether oxygens (including phenoxy) is 1. The second kappa shape index (κ2) is 6.97. The molecule has 1 saturated carbocycles. The van der Waals surface area contributed by atoms with Crippen LogP contribution in [0.25, 0.3) is 10.9 Å². The molecule has 0 amide bonds. The predicted octanol–water partition coefficient (Wildman–Crippen LogP) is 3.56. The van der Waals surface area contributed by atoms with Gasteiger partial charge in [-0.25, -0.2) is 4.98 Å². The van der Waals surface area contributed by atoms with E-state index in [4.69, 9.17) is 15.5 Å². The van der Waals surface area contributed by atoms with Crippen LogP contribution in [0.15, 0.2) is 30.3 Å². The van der Waals surface area contributed by atoms with Crippen LogP contribution in [0.3, 0.4) is 0 Å². The number of pyridine rings is 1. The number of rotatable bonds is 5. The molecule has 1 atom stereocenters. The SMILES string of the molecule is COc1cc(NC(CN)C2CCCCC2)nc2ccccc12. The summed E-state index contributed by atoms with van der Waals surface area (Å²) in [6.07, 6.45) is 6.52. The number of hydrogen-bond acceptors (Lipinski definition) is 4. The minimum atomic E-state index is 0.290. The van der Waals surface area contributed by atoms with Gasteiger partial charge in [-0.1, -0.05) is 31.4 Å². The number of benzene rings is 1. The molecule has 4 heteroatoms. The monoisotopic (exact) mass is 299 g/mol. The third kappa shape index (κ3) is 3.17. The summed E-state index contributed by atoms with van der Waals surface area (Å²) in [7, 11) is 1.70. The zero-order chi connectivity index (χ0) is 15.4. The first-order chi connectivity index (χ1) is 10.8. The van der Waals surface area contributed by atoms with E-state index >= 15 is 0 Å². The molecule has 118 valence electrons. The molecule has 0 saturated heterocycles. The molecule has 1 fully saturated rings. The molecule has 22 heavy (non-hydrogen) atoms. The molecular weight excluding hydrogens is 274 g/mol. The number of fused-ring (bicyclic) bond motifs is 1. The summed E-state index contributed by atoms with van der Waals surface area (Å²) < 4.78 is 5.52. The first kappa shape index (κ1) is 15.1. The van der Waals surface area contributed by atoms with Crippen molar-refractivity contribution in [3.05, 3.63) is 30.3 Å². The van der Waals surface area contributed by atoms with Crippen molar-refractivity contribution in [1.82, 2.24) is 4.98 Å². The number of nitrogens with zero attached hydrogens (tertiary/aromatic N) is 1. The van der Waals surface area contributed by atoms with Crippen molar-refractivity contribution in [2.75, 3.05) is 19.0 Å². The highest BCUT2D eigenvalue weighted by atomic mass is 16.5. The molecule has 0 aliphatic heterocycles. The van der Waals surface area contributed by atoms with E-state index < -0.39 is 0 Å². The summed E-state index contributed by atoms with van der Waals surface area (Å²) in [6.45, 7) is 0.640. The summed E-state index contributed by atoms with van der Waals surface area (Å²) >= 11 is 0. The lowest BCUT2D eigenvalue weighted by atomic mass is 9.84. The maximum atomic E-state index is 6.01. The number of anilines is 1. The van der Waals surface area contributed by atoms with E-state index in [1.807, 2.05) is 30.3 Å². The summed E-state index contributed by atoms with van der Waals surface area (Å²) in [4.78, 5) is 4.72. The van der Waals surface area contributed by atoms with Crippen molar-refractivity contribution in [3.8, 4) is 5.75 Å². The molecule has 1 aromatic carbocycles. The van der Waals surface area contributed by atoms with Crippen molar-refractivity contribution in [2.45, 2.75) is 38.1 Å². The average Bonchev–Trinajstić information content (AvgIpc) is 2.59.